The fourth-order valence-electron chi connectivity index (χ4n) is 2.72. The van der Waals surface area contributed by atoms with Gasteiger partial charge in [-0.25, -0.2) is 4.79 Å². The molecule has 26 heavy (non-hydrogen) atoms. The van der Waals surface area contributed by atoms with Gasteiger partial charge in [-0.1, -0.05) is 54.6 Å². The van der Waals surface area contributed by atoms with Crippen molar-refractivity contribution in [2.75, 3.05) is 21.0 Å². The topological polar surface area (TPSA) is 44.8 Å². The van der Waals surface area contributed by atoms with Crippen LogP contribution in [0.4, 0.5) is 0 Å². The average Bonchev–Trinajstić information content (AvgIpc) is 2.72. The monoisotopic (exact) mass is 348 g/mol. The summed E-state index contributed by atoms with van der Waals surface area (Å²) in [5.41, 5.74) is 4.56. The fraction of sp³-hybridized carbons (Fsp3) is 0.136. The Hall–Kier alpha value is -3.11. The highest BCUT2D eigenvalue weighted by molar-refractivity contribution is 5.90. The number of carbonyl (C=O) groups is 1. The molecule has 3 rings (SSSR count). The predicted octanol–water partition coefficient (Wildman–Crippen LogP) is 4.79. The summed E-state index contributed by atoms with van der Waals surface area (Å²) in [7, 11) is 2.96. The molecule has 0 heterocycles. The Balaban J connectivity index is 1.99. The third-order valence-electron chi connectivity index (χ3n) is 4.04. The first-order chi connectivity index (χ1) is 12.7. The van der Waals surface area contributed by atoms with Gasteiger partial charge < -0.3 is 14.2 Å². The number of carbonyl (C=O) groups excluding carboxylic acids is 1. The van der Waals surface area contributed by atoms with Crippen LogP contribution < -0.4 is 4.74 Å². The van der Waals surface area contributed by atoms with Crippen LogP contribution in [0.1, 0.15) is 10.4 Å². The smallest absolute Gasteiger partial charge is 0.337 e. The number of hydrogen-bond acceptors (Lipinski definition) is 4. The third kappa shape index (κ3) is 3.92. The van der Waals surface area contributed by atoms with Crippen molar-refractivity contribution in [1.82, 2.24) is 0 Å². The standard InChI is InChI=1S/C22H20O4/c1-24-15-26-21-14-19(16-6-4-3-5-7-16)12-13-20(21)17-8-10-18(11-9-17)22(23)25-2/h3-14H,15H2,1-2H3. The Morgan fingerprint density at radius 1 is 0.808 bits per heavy atom. The molecule has 0 saturated carbocycles. The summed E-state index contributed by atoms with van der Waals surface area (Å²) in [6.45, 7) is 0.158. The van der Waals surface area contributed by atoms with E-state index in [-0.39, 0.29) is 12.8 Å². The molecule has 0 amide bonds. The molecule has 3 aromatic rings. The summed E-state index contributed by atoms with van der Waals surface area (Å²) in [5.74, 6) is 0.367. The van der Waals surface area contributed by atoms with Gasteiger partial charge in [0, 0.05) is 12.7 Å². The highest BCUT2D eigenvalue weighted by atomic mass is 16.7. The van der Waals surface area contributed by atoms with E-state index in [1.165, 1.54) is 7.11 Å². The van der Waals surface area contributed by atoms with Crippen molar-refractivity contribution in [2.24, 2.45) is 0 Å². The van der Waals surface area contributed by atoms with Crippen LogP contribution >= 0.6 is 0 Å². The van der Waals surface area contributed by atoms with Crippen LogP contribution in [0, 0.1) is 0 Å². The van der Waals surface area contributed by atoms with Gasteiger partial charge in [0.05, 0.1) is 12.7 Å². The van der Waals surface area contributed by atoms with E-state index in [1.54, 1.807) is 19.2 Å². The molecule has 4 heteroatoms. The Morgan fingerprint density at radius 2 is 1.50 bits per heavy atom. The molecule has 0 unspecified atom stereocenters. The molecule has 0 spiro atoms. The minimum Gasteiger partial charge on any atom is -0.467 e. The maximum absolute atomic E-state index is 11.6. The molecule has 0 aromatic heterocycles. The number of benzene rings is 3. The molecular weight excluding hydrogens is 328 g/mol. The summed E-state index contributed by atoms with van der Waals surface area (Å²) in [6.07, 6.45) is 0. The minimum atomic E-state index is -0.355. The van der Waals surface area contributed by atoms with E-state index in [9.17, 15) is 4.79 Å². The van der Waals surface area contributed by atoms with Crippen LogP contribution in [0.5, 0.6) is 5.75 Å². The predicted molar refractivity (Wildman–Crippen MR) is 101 cm³/mol. The van der Waals surface area contributed by atoms with Crippen LogP contribution in [-0.4, -0.2) is 27.0 Å². The normalized spacial score (nSPS) is 10.4. The van der Waals surface area contributed by atoms with E-state index in [2.05, 4.69) is 18.2 Å². The third-order valence-corrected chi connectivity index (χ3v) is 4.04. The number of rotatable bonds is 6. The van der Waals surface area contributed by atoms with Gasteiger partial charge in [-0.2, -0.15) is 0 Å². The molecule has 4 nitrogen and oxygen atoms in total. The lowest BCUT2D eigenvalue weighted by atomic mass is 9.98. The van der Waals surface area contributed by atoms with Crippen molar-refractivity contribution in [2.45, 2.75) is 0 Å². The fourth-order valence-corrected chi connectivity index (χ4v) is 2.72. The number of ether oxygens (including phenoxy) is 3. The first-order valence-electron chi connectivity index (χ1n) is 8.23. The minimum absolute atomic E-state index is 0.158. The molecular formula is C22H20O4. The lowest BCUT2D eigenvalue weighted by Crippen LogP contribution is -2.02. The van der Waals surface area contributed by atoms with E-state index in [0.717, 1.165) is 28.0 Å². The number of hydrogen-bond donors (Lipinski definition) is 0. The maximum Gasteiger partial charge on any atom is 0.337 e. The van der Waals surface area contributed by atoms with Crippen molar-refractivity contribution in [1.29, 1.82) is 0 Å². The van der Waals surface area contributed by atoms with E-state index in [0.29, 0.717) is 5.56 Å². The average molecular weight is 348 g/mol. The SMILES string of the molecule is COCOc1cc(-c2ccccc2)ccc1-c1ccc(C(=O)OC)cc1. The summed E-state index contributed by atoms with van der Waals surface area (Å²) in [4.78, 5) is 11.6. The molecule has 0 aliphatic carbocycles. The second-order valence-corrected chi connectivity index (χ2v) is 5.70. The molecule has 0 fully saturated rings. The van der Waals surface area contributed by atoms with Crippen molar-refractivity contribution < 1.29 is 19.0 Å². The first-order valence-corrected chi connectivity index (χ1v) is 8.23. The second-order valence-electron chi connectivity index (χ2n) is 5.70. The van der Waals surface area contributed by atoms with Crippen LogP contribution in [0.3, 0.4) is 0 Å². The van der Waals surface area contributed by atoms with Crippen molar-refractivity contribution in [3.63, 3.8) is 0 Å². The van der Waals surface area contributed by atoms with Crippen LogP contribution in [0.25, 0.3) is 22.3 Å². The molecule has 0 radical (unpaired) electrons. The van der Waals surface area contributed by atoms with Gasteiger partial charge in [-0.15, -0.1) is 0 Å². The van der Waals surface area contributed by atoms with Crippen LogP contribution in [-0.2, 0) is 9.47 Å². The van der Waals surface area contributed by atoms with Crippen molar-refractivity contribution >= 4 is 5.97 Å². The Labute approximate surface area is 153 Å². The van der Waals surface area contributed by atoms with Gasteiger partial charge in [-0.05, 0) is 34.9 Å². The molecule has 132 valence electrons. The molecule has 0 saturated heterocycles. The summed E-state index contributed by atoms with van der Waals surface area (Å²) in [5, 5.41) is 0. The van der Waals surface area contributed by atoms with Crippen molar-refractivity contribution in [3.05, 3.63) is 78.4 Å². The summed E-state index contributed by atoms with van der Waals surface area (Å²) < 4.78 is 15.6. The van der Waals surface area contributed by atoms with Gasteiger partial charge in [0.2, 0.25) is 0 Å². The molecule has 0 aliphatic heterocycles. The Kier molecular flexibility index (Phi) is 5.66. The lowest BCUT2D eigenvalue weighted by molar-refractivity contribution is 0.0515. The zero-order chi connectivity index (χ0) is 18.4. The lowest BCUT2D eigenvalue weighted by Gasteiger charge is -2.13. The van der Waals surface area contributed by atoms with Gasteiger partial charge >= 0.3 is 5.97 Å². The summed E-state index contributed by atoms with van der Waals surface area (Å²) in [6, 6.07) is 23.4. The van der Waals surface area contributed by atoms with E-state index in [1.807, 2.05) is 42.5 Å². The summed E-state index contributed by atoms with van der Waals surface area (Å²) >= 11 is 0. The van der Waals surface area contributed by atoms with Crippen LogP contribution in [0.15, 0.2) is 72.8 Å². The Morgan fingerprint density at radius 3 is 2.15 bits per heavy atom. The first kappa shape index (κ1) is 17.7. The van der Waals surface area contributed by atoms with E-state index < -0.39 is 0 Å². The van der Waals surface area contributed by atoms with Gasteiger partial charge in [0.1, 0.15) is 5.75 Å². The van der Waals surface area contributed by atoms with Gasteiger partial charge in [0.15, 0.2) is 6.79 Å². The highest BCUT2D eigenvalue weighted by Gasteiger charge is 2.11. The van der Waals surface area contributed by atoms with E-state index in [4.69, 9.17) is 14.2 Å². The van der Waals surface area contributed by atoms with Crippen molar-refractivity contribution in [3.8, 4) is 28.0 Å². The quantitative estimate of drug-likeness (QED) is 0.475. The molecule has 0 bridgehead atoms. The zero-order valence-corrected chi connectivity index (χ0v) is 14.8. The number of esters is 1. The number of methoxy groups -OCH3 is 2. The Bertz CT molecular complexity index is 870. The zero-order valence-electron chi connectivity index (χ0n) is 14.8. The largest absolute Gasteiger partial charge is 0.467 e. The van der Waals surface area contributed by atoms with Gasteiger partial charge in [0.25, 0.3) is 0 Å². The molecule has 0 atom stereocenters. The highest BCUT2D eigenvalue weighted by Crippen LogP contribution is 2.34. The molecule has 3 aromatic carbocycles. The molecule has 0 N–H and O–H groups in total. The van der Waals surface area contributed by atoms with Gasteiger partial charge in [-0.3, -0.25) is 0 Å². The van der Waals surface area contributed by atoms with E-state index >= 15 is 0 Å². The second kappa shape index (κ2) is 8.32. The maximum atomic E-state index is 11.6. The molecule has 0 aliphatic rings. The van der Waals surface area contributed by atoms with Crippen LogP contribution in [0.2, 0.25) is 0 Å².